The van der Waals surface area contributed by atoms with Crippen molar-refractivity contribution in [1.82, 2.24) is 4.98 Å². The second kappa shape index (κ2) is 2.68. The molecule has 0 radical (unpaired) electrons. The summed E-state index contributed by atoms with van der Waals surface area (Å²) in [6.07, 6.45) is 2.69. The Morgan fingerprint density at radius 1 is 1.45 bits per heavy atom. The topological polar surface area (TPSA) is 26.0 Å². The van der Waals surface area contributed by atoms with Crippen LogP contribution in [0.1, 0.15) is 39.3 Å². The van der Waals surface area contributed by atoms with Gasteiger partial charge in [-0.15, -0.1) is 0 Å². The molecule has 1 rings (SSSR count). The Morgan fingerprint density at radius 3 is 2.36 bits per heavy atom. The molecule has 0 aliphatic heterocycles. The molecule has 0 aromatic carbocycles. The molecule has 0 saturated heterocycles. The molecule has 0 aliphatic rings. The van der Waals surface area contributed by atoms with E-state index in [4.69, 9.17) is 4.42 Å². The van der Waals surface area contributed by atoms with Crippen LogP contribution >= 0.6 is 0 Å². The van der Waals surface area contributed by atoms with Crippen molar-refractivity contribution in [1.29, 1.82) is 0 Å². The third-order valence-corrected chi connectivity index (χ3v) is 1.60. The van der Waals surface area contributed by atoms with Gasteiger partial charge in [-0.1, -0.05) is 27.7 Å². The summed E-state index contributed by atoms with van der Waals surface area (Å²) in [5, 5.41) is 0. The van der Waals surface area contributed by atoms with E-state index in [1.165, 1.54) is 0 Å². The monoisotopic (exact) mass is 153 g/mol. The average molecular weight is 153 g/mol. The molecule has 0 fully saturated rings. The quantitative estimate of drug-likeness (QED) is 0.619. The number of aromatic nitrogens is 1. The fourth-order valence-electron chi connectivity index (χ4n) is 0.820. The molecule has 0 saturated carbocycles. The van der Waals surface area contributed by atoms with Crippen LogP contribution in [0.25, 0.3) is 0 Å². The fourth-order valence-corrected chi connectivity index (χ4v) is 0.820. The number of hydrogen-bond donors (Lipinski definition) is 0. The molecule has 0 amide bonds. The summed E-state index contributed by atoms with van der Waals surface area (Å²) in [6.45, 7) is 8.39. The van der Waals surface area contributed by atoms with Crippen molar-refractivity contribution in [3.05, 3.63) is 17.8 Å². The lowest BCUT2D eigenvalue weighted by Gasteiger charge is -2.12. The van der Waals surface area contributed by atoms with Gasteiger partial charge in [-0.3, -0.25) is 0 Å². The van der Waals surface area contributed by atoms with E-state index < -0.39 is 0 Å². The summed E-state index contributed by atoms with van der Waals surface area (Å²) in [7, 11) is 0. The highest BCUT2D eigenvalue weighted by atomic mass is 16.4. The van der Waals surface area contributed by atoms with Crippen molar-refractivity contribution >= 4 is 0 Å². The Kier molecular flexibility index (Phi) is 2.03. The van der Waals surface area contributed by atoms with E-state index in [9.17, 15) is 0 Å². The Bertz CT molecular complexity index is 232. The van der Waals surface area contributed by atoms with Gasteiger partial charge in [-0.2, -0.15) is 0 Å². The van der Waals surface area contributed by atoms with Crippen molar-refractivity contribution in [3.8, 4) is 0 Å². The molecule has 0 atom stereocenters. The van der Waals surface area contributed by atoms with Gasteiger partial charge in [0.2, 0.25) is 0 Å². The van der Waals surface area contributed by atoms with Crippen LogP contribution < -0.4 is 0 Å². The highest BCUT2D eigenvalue weighted by Gasteiger charge is 2.18. The zero-order valence-electron chi connectivity index (χ0n) is 7.64. The number of aryl methyl sites for hydroxylation is 1. The van der Waals surface area contributed by atoms with Crippen LogP contribution in [0.3, 0.4) is 0 Å². The number of hydrogen-bond acceptors (Lipinski definition) is 2. The lowest BCUT2D eigenvalue weighted by molar-refractivity contribution is 0.385. The van der Waals surface area contributed by atoms with Gasteiger partial charge in [-0.05, 0) is 0 Å². The molecule has 1 heterocycles. The van der Waals surface area contributed by atoms with Gasteiger partial charge in [0.15, 0.2) is 5.89 Å². The van der Waals surface area contributed by atoms with E-state index in [-0.39, 0.29) is 5.41 Å². The van der Waals surface area contributed by atoms with Gasteiger partial charge in [0, 0.05) is 11.8 Å². The predicted molar refractivity (Wildman–Crippen MR) is 44.6 cm³/mol. The molecular formula is C9H15NO. The third-order valence-electron chi connectivity index (χ3n) is 1.60. The second-order valence-corrected chi connectivity index (χ2v) is 3.72. The standard InChI is InChI=1S/C9H15NO/c1-5-8-10-6-7(11-8)9(2,3)4/h6H,5H2,1-4H3. The van der Waals surface area contributed by atoms with Gasteiger partial charge >= 0.3 is 0 Å². The van der Waals surface area contributed by atoms with E-state index >= 15 is 0 Å². The first-order valence-electron chi connectivity index (χ1n) is 3.99. The maximum Gasteiger partial charge on any atom is 0.194 e. The van der Waals surface area contributed by atoms with Gasteiger partial charge in [0.05, 0.1) is 6.20 Å². The molecule has 11 heavy (non-hydrogen) atoms. The zero-order chi connectivity index (χ0) is 8.48. The van der Waals surface area contributed by atoms with Crippen molar-refractivity contribution < 1.29 is 4.42 Å². The Labute approximate surface area is 67.6 Å². The van der Waals surface area contributed by atoms with E-state index in [1.54, 1.807) is 0 Å². The molecular weight excluding hydrogens is 138 g/mol. The molecule has 0 N–H and O–H groups in total. The Balaban J connectivity index is 2.89. The minimum absolute atomic E-state index is 0.0837. The maximum absolute atomic E-state index is 5.49. The minimum Gasteiger partial charge on any atom is -0.445 e. The molecule has 62 valence electrons. The summed E-state index contributed by atoms with van der Waals surface area (Å²) in [6, 6.07) is 0. The van der Waals surface area contributed by atoms with Crippen molar-refractivity contribution in [2.75, 3.05) is 0 Å². The van der Waals surface area contributed by atoms with Crippen molar-refractivity contribution in [3.63, 3.8) is 0 Å². The molecule has 0 unspecified atom stereocenters. The Morgan fingerprint density at radius 2 is 2.09 bits per heavy atom. The Hall–Kier alpha value is -0.790. The van der Waals surface area contributed by atoms with Crippen LogP contribution in [0.15, 0.2) is 10.6 Å². The van der Waals surface area contributed by atoms with Gasteiger partial charge in [-0.25, -0.2) is 4.98 Å². The normalized spacial score (nSPS) is 12.0. The molecule has 1 aromatic heterocycles. The van der Waals surface area contributed by atoms with Crippen LogP contribution in [-0.2, 0) is 11.8 Å². The van der Waals surface area contributed by atoms with Gasteiger partial charge in [0.1, 0.15) is 5.76 Å². The lowest BCUT2D eigenvalue weighted by Crippen LogP contribution is -2.09. The number of nitrogens with zero attached hydrogens (tertiary/aromatic N) is 1. The number of oxazole rings is 1. The summed E-state index contributed by atoms with van der Waals surface area (Å²) < 4.78 is 5.49. The smallest absolute Gasteiger partial charge is 0.194 e. The highest BCUT2D eigenvalue weighted by molar-refractivity contribution is 5.05. The lowest BCUT2D eigenvalue weighted by atomic mass is 9.94. The fraction of sp³-hybridized carbons (Fsp3) is 0.667. The van der Waals surface area contributed by atoms with Crippen LogP contribution in [-0.4, -0.2) is 4.98 Å². The van der Waals surface area contributed by atoms with E-state index in [2.05, 4.69) is 25.8 Å². The van der Waals surface area contributed by atoms with Gasteiger partial charge in [0.25, 0.3) is 0 Å². The molecule has 2 nitrogen and oxygen atoms in total. The summed E-state index contributed by atoms with van der Waals surface area (Å²) in [4.78, 5) is 4.13. The van der Waals surface area contributed by atoms with Crippen LogP contribution in [0.5, 0.6) is 0 Å². The first-order chi connectivity index (χ1) is 5.04. The van der Waals surface area contributed by atoms with E-state index in [0.29, 0.717) is 0 Å². The molecule has 0 spiro atoms. The van der Waals surface area contributed by atoms with E-state index in [0.717, 1.165) is 18.1 Å². The van der Waals surface area contributed by atoms with Crippen molar-refractivity contribution in [2.45, 2.75) is 39.5 Å². The first kappa shape index (κ1) is 8.31. The molecule has 0 bridgehead atoms. The molecule has 1 aromatic rings. The highest BCUT2D eigenvalue weighted by Crippen LogP contribution is 2.22. The summed E-state index contributed by atoms with van der Waals surface area (Å²) >= 11 is 0. The SMILES string of the molecule is CCc1ncc(C(C)(C)C)o1. The maximum atomic E-state index is 5.49. The minimum atomic E-state index is 0.0837. The number of rotatable bonds is 1. The van der Waals surface area contributed by atoms with Gasteiger partial charge < -0.3 is 4.42 Å². The largest absolute Gasteiger partial charge is 0.445 e. The van der Waals surface area contributed by atoms with Crippen molar-refractivity contribution in [2.24, 2.45) is 0 Å². The van der Waals surface area contributed by atoms with Crippen LogP contribution in [0.2, 0.25) is 0 Å². The molecule has 0 aliphatic carbocycles. The van der Waals surface area contributed by atoms with Crippen LogP contribution in [0.4, 0.5) is 0 Å². The first-order valence-corrected chi connectivity index (χ1v) is 3.99. The third kappa shape index (κ3) is 1.82. The summed E-state index contributed by atoms with van der Waals surface area (Å²) in [5.41, 5.74) is 0.0837. The summed E-state index contributed by atoms with van der Waals surface area (Å²) in [5.74, 6) is 1.80. The average Bonchev–Trinajstić information content (AvgIpc) is 2.32. The van der Waals surface area contributed by atoms with E-state index in [1.807, 2.05) is 13.1 Å². The molecule has 2 heteroatoms. The zero-order valence-corrected chi connectivity index (χ0v) is 7.64. The predicted octanol–water partition coefficient (Wildman–Crippen LogP) is 2.53. The second-order valence-electron chi connectivity index (χ2n) is 3.72. The van der Waals surface area contributed by atoms with Crippen LogP contribution in [0, 0.1) is 0 Å².